The Morgan fingerprint density at radius 3 is 2.96 bits per heavy atom. The van der Waals surface area contributed by atoms with Gasteiger partial charge in [-0.1, -0.05) is 29.8 Å². The first-order chi connectivity index (χ1) is 13.2. The molecular weight excluding hydrogens is 340 g/mol. The van der Waals surface area contributed by atoms with Crippen LogP contribution in [0.3, 0.4) is 0 Å². The average Bonchev–Trinajstić information content (AvgIpc) is 3.15. The molecular formula is C21H24N4O2. The van der Waals surface area contributed by atoms with Gasteiger partial charge < -0.3 is 15.4 Å². The molecule has 2 aromatic carbocycles. The van der Waals surface area contributed by atoms with Gasteiger partial charge in [-0.2, -0.15) is 5.10 Å². The summed E-state index contributed by atoms with van der Waals surface area (Å²) in [7, 11) is 0. The number of rotatable bonds is 4. The Labute approximate surface area is 158 Å². The minimum Gasteiger partial charge on any atom is -0.373 e. The maximum absolute atomic E-state index is 12.3. The summed E-state index contributed by atoms with van der Waals surface area (Å²) in [6, 6.07) is 13.9. The zero-order valence-corrected chi connectivity index (χ0v) is 15.4. The third-order valence-corrected chi connectivity index (χ3v) is 5.07. The lowest BCUT2D eigenvalue weighted by Gasteiger charge is -2.32. The molecule has 1 aromatic heterocycles. The maximum atomic E-state index is 12.3. The number of carbonyl (C=O) groups excluding carboxylic acids is 1. The molecule has 4 rings (SSSR count). The number of aryl methyl sites for hydroxylation is 1. The second kappa shape index (κ2) is 7.80. The Balaban J connectivity index is 1.37. The summed E-state index contributed by atoms with van der Waals surface area (Å²) in [5.74, 6) is 0.267. The molecule has 27 heavy (non-hydrogen) atoms. The molecule has 2 atom stereocenters. The monoisotopic (exact) mass is 364 g/mol. The summed E-state index contributed by atoms with van der Waals surface area (Å²) < 4.78 is 6.02. The van der Waals surface area contributed by atoms with E-state index < -0.39 is 0 Å². The second-order valence-electron chi connectivity index (χ2n) is 7.11. The number of anilines is 1. The highest BCUT2D eigenvalue weighted by atomic mass is 16.5. The van der Waals surface area contributed by atoms with Crippen LogP contribution in [0.15, 0.2) is 48.7 Å². The van der Waals surface area contributed by atoms with Gasteiger partial charge in [-0.05, 0) is 43.5 Å². The summed E-state index contributed by atoms with van der Waals surface area (Å²) in [5.41, 5.74) is 4.11. The normalized spacial score (nSPS) is 19.7. The van der Waals surface area contributed by atoms with E-state index in [0.29, 0.717) is 6.54 Å². The maximum Gasteiger partial charge on any atom is 0.319 e. The molecule has 0 aliphatic carbocycles. The third-order valence-electron chi connectivity index (χ3n) is 5.07. The smallest absolute Gasteiger partial charge is 0.319 e. The van der Waals surface area contributed by atoms with E-state index in [9.17, 15) is 4.79 Å². The number of amides is 2. The van der Waals surface area contributed by atoms with E-state index in [1.165, 1.54) is 11.1 Å². The number of nitrogens with zero attached hydrogens (tertiary/aromatic N) is 1. The van der Waals surface area contributed by atoms with Crippen molar-refractivity contribution in [2.24, 2.45) is 5.92 Å². The number of carbonyl (C=O) groups is 1. The van der Waals surface area contributed by atoms with Gasteiger partial charge in [-0.3, -0.25) is 5.10 Å². The Kier molecular flexibility index (Phi) is 5.07. The van der Waals surface area contributed by atoms with E-state index in [-0.39, 0.29) is 18.1 Å². The highest BCUT2D eigenvalue weighted by Gasteiger charge is 2.27. The molecule has 3 N–H and O–H groups in total. The summed E-state index contributed by atoms with van der Waals surface area (Å²) in [5, 5.41) is 13.8. The topological polar surface area (TPSA) is 79.0 Å². The number of nitrogens with one attached hydrogen (secondary N) is 3. The quantitative estimate of drug-likeness (QED) is 0.650. The fourth-order valence-corrected chi connectivity index (χ4v) is 3.60. The predicted molar refractivity (Wildman–Crippen MR) is 106 cm³/mol. The molecule has 1 aliphatic heterocycles. The van der Waals surface area contributed by atoms with Crippen LogP contribution in [0.1, 0.15) is 30.1 Å². The summed E-state index contributed by atoms with van der Waals surface area (Å²) in [4.78, 5) is 12.3. The first kappa shape index (κ1) is 17.5. The Bertz CT molecular complexity index is 919. The van der Waals surface area contributed by atoms with Gasteiger partial charge in [-0.25, -0.2) is 4.79 Å². The molecule has 1 aliphatic rings. The van der Waals surface area contributed by atoms with Gasteiger partial charge in [0.15, 0.2) is 0 Å². The van der Waals surface area contributed by atoms with Gasteiger partial charge in [0.05, 0.1) is 17.8 Å². The van der Waals surface area contributed by atoms with Gasteiger partial charge in [0.25, 0.3) is 0 Å². The van der Waals surface area contributed by atoms with Gasteiger partial charge in [0.2, 0.25) is 0 Å². The van der Waals surface area contributed by atoms with Crippen molar-refractivity contribution in [2.45, 2.75) is 25.9 Å². The van der Waals surface area contributed by atoms with Crippen LogP contribution < -0.4 is 10.6 Å². The van der Waals surface area contributed by atoms with Crippen molar-refractivity contribution in [3.05, 3.63) is 59.8 Å². The van der Waals surface area contributed by atoms with Crippen LogP contribution in [0.2, 0.25) is 0 Å². The van der Waals surface area contributed by atoms with Crippen molar-refractivity contribution in [2.75, 3.05) is 18.5 Å². The fourth-order valence-electron chi connectivity index (χ4n) is 3.60. The van der Waals surface area contributed by atoms with Gasteiger partial charge in [0.1, 0.15) is 0 Å². The molecule has 3 aromatic rings. The average molecular weight is 364 g/mol. The molecule has 6 nitrogen and oxygen atoms in total. The van der Waals surface area contributed by atoms with Gasteiger partial charge >= 0.3 is 6.03 Å². The second-order valence-corrected chi connectivity index (χ2v) is 7.11. The van der Waals surface area contributed by atoms with E-state index in [4.69, 9.17) is 4.74 Å². The lowest BCUT2D eigenvalue weighted by Crippen LogP contribution is -2.37. The summed E-state index contributed by atoms with van der Waals surface area (Å²) in [6.07, 6.45) is 3.83. The lowest BCUT2D eigenvalue weighted by molar-refractivity contribution is -0.0268. The van der Waals surface area contributed by atoms with Crippen LogP contribution >= 0.6 is 0 Å². The van der Waals surface area contributed by atoms with Crippen molar-refractivity contribution in [3.8, 4) is 0 Å². The number of aromatic nitrogens is 2. The highest BCUT2D eigenvalue weighted by Crippen LogP contribution is 2.33. The van der Waals surface area contributed by atoms with Crippen LogP contribution in [0.25, 0.3) is 10.9 Å². The number of H-pyrrole nitrogens is 1. The van der Waals surface area contributed by atoms with Crippen molar-refractivity contribution in [3.63, 3.8) is 0 Å². The number of ether oxygens (including phenoxy) is 1. The van der Waals surface area contributed by atoms with Gasteiger partial charge in [-0.15, -0.1) is 0 Å². The molecule has 6 heteroatoms. The molecule has 1 fully saturated rings. The molecule has 140 valence electrons. The first-order valence-electron chi connectivity index (χ1n) is 9.35. The van der Waals surface area contributed by atoms with E-state index in [1.54, 1.807) is 6.20 Å². The largest absolute Gasteiger partial charge is 0.373 e. The molecule has 2 heterocycles. The SMILES string of the molecule is Cc1ccc(C2OCCCC2CNC(=O)Nc2ccc3[nH]ncc3c2)cc1. The fraction of sp³-hybridized carbons (Fsp3) is 0.333. The van der Waals surface area contributed by atoms with Crippen molar-refractivity contribution < 1.29 is 9.53 Å². The molecule has 0 spiro atoms. The van der Waals surface area contributed by atoms with E-state index >= 15 is 0 Å². The number of hydrogen-bond acceptors (Lipinski definition) is 3. The zero-order chi connectivity index (χ0) is 18.6. The van der Waals surface area contributed by atoms with E-state index in [0.717, 1.165) is 36.0 Å². The minimum absolute atomic E-state index is 0.0296. The minimum atomic E-state index is -0.203. The first-order valence-corrected chi connectivity index (χ1v) is 9.35. The predicted octanol–water partition coefficient (Wildman–Crippen LogP) is 4.16. The number of benzene rings is 2. The molecule has 0 radical (unpaired) electrons. The van der Waals surface area contributed by atoms with Crippen LogP contribution in [0.4, 0.5) is 10.5 Å². The molecule has 2 amide bonds. The van der Waals surface area contributed by atoms with Crippen LogP contribution in [-0.2, 0) is 4.74 Å². The van der Waals surface area contributed by atoms with Gasteiger partial charge in [0, 0.05) is 30.1 Å². The van der Waals surface area contributed by atoms with E-state index in [2.05, 4.69) is 52.0 Å². The van der Waals surface area contributed by atoms with Crippen LogP contribution in [0.5, 0.6) is 0 Å². The summed E-state index contributed by atoms with van der Waals surface area (Å²) in [6.45, 7) is 3.43. The summed E-state index contributed by atoms with van der Waals surface area (Å²) >= 11 is 0. The number of urea groups is 1. The van der Waals surface area contributed by atoms with Crippen molar-refractivity contribution >= 4 is 22.6 Å². The van der Waals surface area contributed by atoms with Crippen molar-refractivity contribution in [1.82, 2.24) is 15.5 Å². The Morgan fingerprint density at radius 2 is 2.11 bits per heavy atom. The third kappa shape index (κ3) is 4.11. The van der Waals surface area contributed by atoms with Crippen molar-refractivity contribution in [1.29, 1.82) is 0 Å². The Hall–Kier alpha value is -2.86. The molecule has 1 saturated heterocycles. The molecule has 0 bridgehead atoms. The standard InChI is InChI=1S/C21H24N4O2/c1-14-4-6-15(7-5-14)20-16(3-2-10-27-20)12-22-21(26)24-18-8-9-19-17(11-18)13-23-25-19/h4-9,11,13,16,20H,2-3,10,12H2,1H3,(H,23,25)(H2,22,24,26). The van der Waals surface area contributed by atoms with Crippen LogP contribution in [0, 0.1) is 12.8 Å². The zero-order valence-electron chi connectivity index (χ0n) is 15.4. The number of fused-ring (bicyclic) bond motifs is 1. The molecule has 0 saturated carbocycles. The van der Waals surface area contributed by atoms with E-state index in [1.807, 2.05) is 18.2 Å². The van der Waals surface area contributed by atoms with Crippen LogP contribution in [-0.4, -0.2) is 29.4 Å². The highest BCUT2D eigenvalue weighted by molar-refractivity contribution is 5.92. The number of aromatic amines is 1. The molecule has 2 unspecified atom stereocenters. The lowest BCUT2D eigenvalue weighted by atomic mass is 9.89. The Morgan fingerprint density at radius 1 is 1.26 bits per heavy atom. The number of hydrogen-bond donors (Lipinski definition) is 3.